The van der Waals surface area contributed by atoms with E-state index in [4.69, 9.17) is 5.11 Å². The Labute approximate surface area is 96.3 Å². The van der Waals surface area contributed by atoms with Crippen LogP contribution in [0.15, 0.2) is 18.7 Å². The van der Waals surface area contributed by atoms with E-state index in [1.54, 1.807) is 6.33 Å². The number of hydrogen-bond acceptors (Lipinski definition) is 4. The Bertz CT molecular complexity index is 302. The van der Waals surface area contributed by atoms with Crippen molar-refractivity contribution < 1.29 is 5.11 Å². The molecule has 2 heterocycles. The van der Waals surface area contributed by atoms with Gasteiger partial charge < -0.3 is 5.11 Å². The number of aliphatic hydroxyl groups excluding tert-OH is 1. The molecule has 1 N–H and O–H groups in total. The molecule has 2 rings (SSSR count). The van der Waals surface area contributed by atoms with Crippen LogP contribution in [-0.2, 0) is 6.54 Å². The van der Waals surface area contributed by atoms with Crippen LogP contribution in [0.1, 0.15) is 31.2 Å². The first-order valence-electron chi connectivity index (χ1n) is 5.99. The van der Waals surface area contributed by atoms with Gasteiger partial charge in [-0.3, -0.25) is 4.90 Å². The van der Waals surface area contributed by atoms with Crippen LogP contribution >= 0.6 is 0 Å². The van der Waals surface area contributed by atoms with E-state index >= 15 is 0 Å². The smallest absolute Gasteiger partial charge is 0.115 e. The fraction of sp³-hybridized carbons (Fsp3) is 0.667. The molecule has 1 saturated heterocycles. The molecule has 0 spiro atoms. The first-order valence-corrected chi connectivity index (χ1v) is 5.99. The summed E-state index contributed by atoms with van der Waals surface area (Å²) >= 11 is 0. The molecule has 1 aliphatic rings. The van der Waals surface area contributed by atoms with Crippen molar-refractivity contribution in [2.24, 2.45) is 0 Å². The normalized spacial score (nSPS) is 22.2. The van der Waals surface area contributed by atoms with E-state index in [9.17, 15) is 0 Å². The molecular formula is C12H19N3O. The second kappa shape index (κ2) is 5.92. The molecule has 1 atom stereocenters. The second-order valence-corrected chi connectivity index (χ2v) is 4.38. The topological polar surface area (TPSA) is 49.2 Å². The highest BCUT2D eigenvalue weighted by Crippen LogP contribution is 2.21. The number of aliphatic hydroxyl groups is 1. The quantitative estimate of drug-likeness (QED) is 0.830. The molecule has 0 aromatic carbocycles. The predicted molar refractivity (Wildman–Crippen MR) is 61.8 cm³/mol. The van der Waals surface area contributed by atoms with Crippen molar-refractivity contribution in [1.82, 2.24) is 14.9 Å². The summed E-state index contributed by atoms with van der Waals surface area (Å²) in [5, 5.41) is 9.05. The molecule has 0 radical (unpaired) electrons. The van der Waals surface area contributed by atoms with Crippen LogP contribution in [0.4, 0.5) is 0 Å². The zero-order valence-electron chi connectivity index (χ0n) is 9.55. The summed E-state index contributed by atoms with van der Waals surface area (Å²) in [4.78, 5) is 10.5. The molecule has 0 saturated carbocycles. The van der Waals surface area contributed by atoms with Gasteiger partial charge in [0.2, 0.25) is 0 Å². The van der Waals surface area contributed by atoms with Crippen LogP contribution in [0.5, 0.6) is 0 Å². The maximum Gasteiger partial charge on any atom is 0.115 e. The van der Waals surface area contributed by atoms with Gasteiger partial charge >= 0.3 is 0 Å². The highest BCUT2D eigenvalue weighted by molar-refractivity contribution is 5.02. The van der Waals surface area contributed by atoms with Gasteiger partial charge in [-0.1, -0.05) is 6.42 Å². The van der Waals surface area contributed by atoms with E-state index in [1.807, 2.05) is 12.4 Å². The van der Waals surface area contributed by atoms with Crippen LogP contribution < -0.4 is 0 Å². The van der Waals surface area contributed by atoms with Gasteiger partial charge in [-0.2, -0.15) is 0 Å². The molecule has 0 amide bonds. The largest absolute Gasteiger partial charge is 0.396 e. The Kier molecular flexibility index (Phi) is 4.25. The lowest BCUT2D eigenvalue weighted by molar-refractivity contribution is 0.112. The molecule has 1 unspecified atom stereocenters. The van der Waals surface area contributed by atoms with Gasteiger partial charge in [0, 0.05) is 37.2 Å². The van der Waals surface area contributed by atoms with Crippen molar-refractivity contribution in [3.63, 3.8) is 0 Å². The van der Waals surface area contributed by atoms with Crippen molar-refractivity contribution >= 4 is 0 Å². The van der Waals surface area contributed by atoms with Crippen LogP contribution in [0.2, 0.25) is 0 Å². The number of nitrogens with zero attached hydrogens (tertiary/aromatic N) is 3. The van der Waals surface area contributed by atoms with Crippen molar-refractivity contribution in [3.05, 3.63) is 24.3 Å². The zero-order valence-corrected chi connectivity index (χ0v) is 9.55. The van der Waals surface area contributed by atoms with E-state index in [2.05, 4.69) is 14.9 Å². The highest BCUT2D eigenvalue weighted by atomic mass is 16.3. The lowest BCUT2D eigenvalue weighted by Crippen LogP contribution is -2.39. The van der Waals surface area contributed by atoms with E-state index in [0.717, 1.165) is 25.1 Å². The third-order valence-corrected chi connectivity index (χ3v) is 3.21. The molecule has 1 aliphatic heterocycles. The molecule has 0 aliphatic carbocycles. The minimum atomic E-state index is 0.284. The molecule has 16 heavy (non-hydrogen) atoms. The van der Waals surface area contributed by atoms with Crippen molar-refractivity contribution in [1.29, 1.82) is 0 Å². The Morgan fingerprint density at radius 3 is 2.88 bits per heavy atom. The maximum absolute atomic E-state index is 9.05. The monoisotopic (exact) mass is 221 g/mol. The second-order valence-electron chi connectivity index (χ2n) is 4.38. The molecule has 88 valence electrons. The van der Waals surface area contributed by atoms with Gasteiger partial charge in [-0.05, 0) is 25.8 Å². The highest BCUT2D eigenvalue weighted by Gasteiger charge is 2.21. The summed E-state index contributed by atoms with van der Waals surface area (Å²) in [5.41, 5.74) is 1.16. The molecule has 4 nitrogen and oxygen atoms in total. The van der Waals surface area contributed by atoms with Crippen molar-refractivity contribution in [2.75, 3.05) is 13.2 Å². The lowest BCUT2D eigenvalue weighted by Gasteiger charge is -2.35. The molecule has 1 aromatic heterocycles. The van der Waals surface area contributed by atoms with E-state index in [0.29, 0.717) is 6.04 Å². The number of rotatable bonds is 4. The Balaban J connectivity index is 1.96. The predicted octanol–water partition coefficient (Wildman–Crippen LogP) is 1.21. The van der Waals surface area contributed by atoms with Crippen LogP contribution in [0.25, 0.3) is 0 Å². The molecular weight excluding hydrogens is 202 g/mol. The average molecular weight is 221 g/mol. The summed E-state index contributed by atoms with van der Waals surface area (Å²) in [6, 6.07) is 0.527. The SMILES string of the molecule is OCCC1CCCCN1Cc1cncnc1. The summed E-state index contributed by atoms with van der Waals surface area (Å²) in [6.45, 7) is 2.32. The fourth-order valence-electron chi connectivity index (χ4n) is 2.39. The Hall–Kier alpha value is -1.00. The van der Waals surface area contributed by atoms with Gasteiger partial charge in [0.25, 0.3) is 0 Å². The third kappa shape index (κ3) is 3.00. The minimum absolute atomic E-state index is 0.284. The van der Waals surface area contributed by atoms with E-state index in [1.165, 1.54) is 19.3 Å². The van der Waals surface area contributed by atoms with Gasteiger partial charge in [0.15, 0.2) is 0 Å². The van der Waals surface area contributed by atoms with E-state index in [-0.39, 0.29) is 6.61 Å². The summed E-state index contributed by atoms with van der Waals surface area (Å²) in [5.74, 6) is 0. The average Bonchev–Trinajstić information content (AvgIpc) is 2.33. The standard InChI is InChI=1S/C12H19N3O/c16-6-4-12-3-1-2-5-15(12)9-11-7-13-10-14-8-11/h7-8,10,12,16H,1-6,9H2. The number of hydrogen-bond donors (Lipinski definition) is 1. The molecule has 1 fully saturated rings. The number of likely N-dealkylation sites (tertiary alicyclic amines) is 1. The van der Waals surface area contributed by atoms with E-state index < -0.39 is 0 Å². The fourth-order valence-corrected chi connectivity index (χ4v) is 2.39. The Morgan fingerprint density at radius 2 is 2.12 bits per heavy atom. The van der Waals surface area contributed by atoms with Crippen molar-refractivity contribution in [3.8, 4) is 0 Å². The molecule has 0 bridgehead atoms. The summed E-state index contributed by atoms with van der Waals surface area (Å²) < 4.78 is 0. The van der Waals surface area contributed by atoms with Crippen LogP contribution in [0.3, 0.4) is 0 Å². The van der Waals surface area contributed by atoms with Gasteiger partial charge in [0.1, 0.15) is 6.33 Å². The van der Waals surface area contributed by atoms with Gasteiger partial charge in [0.05, 0.1) is 0 Å². The maximum atomic E-state index is 9.05. The lowest BCUT2D eigenvalue weighted by atomic mass is 9.99. The summed E-state index contributed by atoms with van der Waals surface area (Å²) in [7, 11) is 0. The number of piperidine rings is 1. The van der Waals surface area contributed by atoms with Crippen LogP contribution in [-0.4, -0.2) is 39.2 Å². The van der Waals surface area contributed by atoms with Crippen molar-refractivity contribution in [2.45, 2.75) is 38.3 Å². The van der Waals surface area contributed by atoms with Crippen LogP contribution in [0, 0.1) is 0 Å². The summed E-state index contributed by atoms with van der Waals surface area (Å²) in [6.07, 6.45) is 9.93. The molecule has 1 aromatic rings. The first kappa shape index (κ1) is 11.5. The zero-order chi connectivity index (χ0) is 11.2. The molecule has 4 heteroatoms. The number of aromatic nitrogens is 2. The Morgan fingerprint density at radius 1 is 1.31 bits per heavy atom. The van der Waals surface area contributed by atoms with Gasteiger partial charge in [-0.15, -0.1) is 0 Å². The minimum Gasteiger partial charge on any atom is -0.396 e. The van der Waals surface area contributed by atoms with Gasteiger partial charge in [-0.25, -0.2) is 9.97 Å². The third-order valence-electron chi connectivity index (χ3n) is 3.21. The first-order chi connectivity index (χ1) is 7.90.